The minimum Gasteiger partial charge on any atom is -0.461 e. The van der Waals surface area contributed by atoms with Crippen LogP contribution in [0.1, 0.15) is 68.9 Å². The minimum atomic E-state index is -0.933. The maximum absolute atomic E-state index is 14.3. The maximum Gasteiger partial charge on any atom is 0.308 e. The molecule has 1 amide bonds. The highest BCUT2D eigenvalue weighted by molar-refractivity contribution is 6.12. The van der Waals surface area contributed by atoms with Gasteiger partial charge in [-0.2, -0.15) is 0 Å². The Labute approximate surface area is 287 Å². The maximum atomic E-state index is 14.3. The summed E-state index contributed by atoms with van der Waals surface area (Å²) in [7, 11) is 0. The van der Waals surface area contributed by atoms with E-state index in [-0.39, 0.29) is 43.4 Å². The zero-order chi connectivity index (χ0) is 35.0. The molecular formula is C40H45FN2O6. The van der Waals surface area contributed by atoms with E-state index in [1.165, 1.54) is 18.2 Å². The van der Waals surface area contributed by atoms with Gasteiger partial charge in [0, 0.05) is 29.9 Å². The highest BCUT2D eigenvalue weighted by atomic mass is 19.1. The van der Waals surface area contributed by atoms with Gasteiger partial charge in [-0.05, 0) is 79.8 Å². The normalized spacial score (nSPS) is 17.4. The van der Waals surface area contributed by atoms with E-state index >= 15 is 0 Å². The van der Waals surface area contributed by atoms with Crippen molar-refractivity contribution in [3.8, 4) is 22.4 Å². The monoisotopic (exact) mass is 668 g/mol. The highest BCUT2D eigenvalue weighted by Crippen LogP contribution is 2.43. The second-order valence-electron chi connectivity index (χ2n) is 12.9. The topological polar surface area (TPSA) is 99.0 Å². The number of halogens is 1. The molecule has 1 saturated heterocycles. The minimum absolute atomic E-state index is 0.0531. The smallest absolute Gasteiger partial charge is 0.308 e. The van der Waals surface area contributed by atoms with Crippen LogP contribution in [0.2, 0.25) is 0 Å². The van der Waals surface area contributed by atoms with E-state index in [0.717, 1.165) is 28.1 Å². The van der Waals surface area contributed by atoms with Crippen molar-refractivity contribution in [2.24, 2.45) is 0 Å². The van der Waals surface area contributed by atoms with Crippen molar-refractivity contribution in [3.63, 3.8) is 0 Å². The number of carbonyl (C=O) groups is 2. The van der Waals surface area contributed by atoms with Crippen LogP contribution in [-0.4, -0.2) is 52.8 Å². The van der Waals surface area contributed by atoms with Crippen molar-refractivity contribution in [2.45, 2.75) is 77.4 Å². The summed E-state index contributed by atoms with van der Waals surface area (Å²) in [5, 5.41) is 12.0. The molecule has 5 rings (SSSR count). The van der Waals surface area contributed by atoms with Crippen molar-refractivity contribution in [1.29, 1.82) is 0 Å². The quantitative estimate of drug-likeness (QED) is 0.110. The Morgan fingerprint density at radius 3 is 2.27 bits per heavy atom. The summed E-state index contributed by atoms with van der Waals surface area (Å²) >= 11 is 0. The third-order valence-corrected chi connectivity index (χ3v) is 8.40. The lowest BCUT2D eigenvalue weighted by Gasteiger charge is -2.40. The molecule has 9 heteroatoms. The molecule has 0 aliphatic carbocycles. The summed E-state index contributed by atoms with van der Waals surface area (Å²) in [6.07, 6.45) is 3.54. The number of hydrogen-bond acceptors (Lipinski definition) is 6. The molecule has 0 saturated carbocycles. The van der Waals surface area contributed by atoms with Gasteiger partial charge in [-0.3, -0.25) is 9.59 Å². The van der Waals surface area contributed by atoms with Gasteiger partial charge in [-0.25, -0.2) is 4.39 Å². The number of aliphatic hydroxyl groups is 1. The summed E-state index contributed by atoms with van der Waals surface area (Å²) < 4.78 is 34.2. The summed E-state index contributed by atoms with van der Waals surface area (Å²) in [5.74, 6) is -1.95. The fourth-order valence-corrected chi connectivity index (χ4v) is 6.53. The highest BCUT2D eigenvalue weighted by Gasteiger charge is 2.37. The molecule has 8 nitrogen and oxygen atoms in total. The number of amides is 1. The predicted molar refractivity (Wildman–Crippen MR) is 189 cm³/mol. The average molecular weight is 669 g/mol. The van der Waals surface area contributed by atoms with E-state index in [1.807, 2.05) is 74.5 Å². The van der Waals surface area contributed by atoms with Crippen molar-refractivity contribution in [1.82, 2.24) is 4.57 Å². The Morgan fingerprint density at radius 1 is 0.959 bits per heavy atom. The van der Waals surface area contributed by atoms with E-state index in [2.05, 4.69) is 23.7 Å². The lowest BCUT2D eigenvalue weighted by Crippen LogP contribution is -2.45. The molecule has 1 aliphatic rings. The van der Waals surface area contributed by atoms with Crippen LogP contribution in [-0.2, 0) is 25.5 Å². The van der Waals surface area contributed by atoms with Crippen LogP contribution in [0.5, 0.6) is 0 Å². The van der Waals surface area contributed by atoms with E-state index in [1.54, 1.807) is 18.2 Å². The Morgan fingerprint density at radius 2 is 1.61 bits per heavy atom. The molecule has 49 heavy (non-hydrogen) atoms. The van der Waals surface area contributed by atoms with Crippen LogP contribution in [0.25, 0.3) is 22.4 Å². The molecule has 0 spiro atoms. The van der Waals surface area contributed by atoms with Crippen LogP contribution in [0, 0.1) is 5.82 Å². The number of nitrogens with one attached hydrogen (secondary N) is 1. The van der Waals surface area contributed by atoms with Gasteiger partial charge in [0.15, 0.2) is 5.79 Å². The molecule has 1 aromatic heterocycles. The molecule has 3 aromatic carbocycles. The molecule has 0 radical (unpaired) electrons. The molecule has 2 N–H and O–H groups in total. The predicted octanol–water partition coefficient (Wildman–Crippen LogP) is 8.12. The fourth-order valence-electron chi connectivity index (χ4n) is 6.53. The van der Waals surface area contributed by atoms with Crippen molar-refractivity contribution in [3.05, 3.63) is 114 Å². The average Bonchev–Trinajstić information content (AvgIpc) is 3.42. The zero-order valence-electron chi connectivity index (χ0n) is 28.5. The molecule has 1 fully saturated rings. The van der Waals surface area contributed by atoms with E-state index in [0.29, 0.717) is 30.6 Å². The first-order valence-electron chi connectivity index (χ1n) is 16.8. The lowest BCUT2D eigenvalue weighted by molar-refractivity contribution is -0.300. The Kier molecular flexibility index (Phi) is 11.8. The van der Waals surface area contributed by atoms with Gasteiger partial charge >= 0.3 is 5.97 Å². The lowest BCUT2D eigenvalue weighted by atomic mass is 9.94. The number of benzene rings is 3. The van der Waals surface area contributed by atoms with Gasteiger partial charge < -0.3 is 29.2 Å². The van der Waals surface area contributed by atoms with Crippen LogP contribution < -0.4 is 5.32 Å². The zero-order valence-corrected chi connectivity index (χ0v) is 28.5. The molecule has 4 aromatic rings. The Bertz CT molecular complexity index is 1730. The summed E-state index contributed by atoms with van der Waals surface area (Å²) in [5.41, 5.74) is 5.34. The molecule has 2 atom stereocenters. The van der Waals surface area contributed by atoms with Gasteiger partial charge in [-0.15, -0.1) is 0 Å². The number of nitrogens with zero attached hydrogens (tertiary/aromatic N) is 1. The first-order chi connectivity index (χ1) is 23.6. The van der Waals surface area contributed by atoms with Crippen molar-refractivity contribution < 1.29 is 33.3 Å². The number of esters is 1. The third-order valence-electron chi connectivity index (χ3n) is 8.40. The van der Waals surface area contributed by atoms with Gasteiger partial charge in [0.05, 0.1) is 36.5 Å². The first kappa shape index (κ1) is 35.7. The number of anilines is 1. The SMILES string of the molecule is CC(C)c1c(C(=O)Nc2ccccc2)c(-c2ccccc2)c(-c2ccc(F)cc2)n1CC[C@@H]1C[C@H](CC(=O)OC/C=C\CO)OC(C)(C)O1. The Hall–Kier alpha value is -4.57. The number of aliphatic hydroxyl groups excluding tert-OH is 1. The fraction of sp³-hybridized carbons (Fsp3) is 0.350. The van der Waals surface area contributed by atoms with Crippen LogP contribution in [0.4, 0.5) is 10.1 Å². The summed E-state index contributed by atoms with van der Waals surface area (Å²) in [4.78, 5) is 26.9. The number of hydrogen-bond donors (Lipinski definition) is 2. The molecule has 0 bridgehead atoms. The van der Waals surface area contributed by atoms with Crippen molar-refractivity contribution in [2.75, 3.05) is 18.5 Å². The van der Waals surface area contributed by atoms with E-state index < -0.39 is 17.9 Å². The number of aromatic nitrogens is 1. The van der Waals surface area contributed by atoms with E-state index in [9.17, 15) is 14.0 Å². The van der Waals surface area contributed by atoms with Crippen LogP contribution in [0.15, 0.2) is 97.1 Å². The summed E-state index contributed by atoms with van der Waals surface area (Å²) in [6, 6.07) is 25.6. The molecule has 2 heterocycles. The number of carbonyl (C=O) groups excluding carboxylic acids is 2. The van der Waals surface area contributed by atoms with Gasteiger partial charge in [0.25, 0.3) is 5.91 Å². The largest absolute Gasteiger partial charge is 0.461 e. The molecule has 0 unspecified atom stereocenters. The molecular weight excluding hydrogens is 623 g/mol. The third kappa shape index (κ3) is 9.12. The second kappa shape index (κ2) is 16.2. The van der Waals surface area contributed by atoms with Crippen LogP contribution in [0.3, 0.4) is 0 Å². The molecule has 1 aliphatic heterocycles. The number of para-hydroxylation sites is 1. The Balaban J connectivity index is 1.55. The van der Waals surface area contributed by atoms with Gasteiger partial charge in [-0.1, -0.05) is 68.5 Å². The standard InChI is InChI=1S/C40H45FN2O6/c1-27(2)37-36(39(46)42-31-15-9-6-10-16-31)35(28-13-7-5-8-14-28)38(29-17-19-30(41)20-18-29)43(37)22-21-32-25-33(49-40(3,4)48-32)26-34(45)47-24-12-11-23-44/h5-20,27,32-33,44H,21-26H2,1-4H3,(H,42,46)/b12-11-/t32-,33-/m1/s1. The first-order valence-corrected chi connectivity index (χ1v) is 16.8. The van der Waals surface area contributed by atoms with Crippen LogP contribution >= 0.6 is 0 Å². The van der Waals surface area contributed by atoms with Crippen molar-refractivity contribution >= 4 is 17.6 Å². The second-order valence-corrected chi connectivity index (χ2v) is 12.9. The molecule has 258 valence electrons. The van der Waals surface area contributed by atoms with Gasteiger partial charge in [0.2, 0.25) is 0 Å². The number of rotatable bonds is 13. The van der Waals surface area contributed by atoms with Gasteiger partial charge in [0.1, 0.15) is 12.4 Å². The number of ether oxygens (including phenoxy) is 3. The summed E-state index contributed by atoms with van der Waals surface area (Å²) in [6.45, 7) is 8.25. The van der Waals surface area contributed by atoms with E-state index in [4.69, 9.17) is 19.3 Å².